The molecule has 4 rings (SSSR count). The summed E-state index contributed by atoms with van der Waals surface area (Å²) in [6.45, 7) is 11.6. The first-order chi connectivity index (χ1) is 18.1. The van der Waals surface area contributed by atoms with Gasteiger partial charge in [-0.2, -0.15) is 0 Å². The Kier molecular flexibility index (Phi) is 8.92. The number of nitrogens with zero attached hydrogens (tertiary/aromatic N) is 1. The van der Waals surface area contributed by atoms with E-state index in [2.05, 4.69) is 34.6 Å². The van der Waals surface area contributed by atoms with Crippen LogP contribution in [0.4, 0.5) is 4.79 Å². The number of fused-ring (bicyclic) bond motifs is 1. The number of likely N-dealkylation sites (N-methyl/N-ethyl adjacent to an activating group) is 1. The minimum absolute atomic E-state index is 0.247. The van der Waals surface area contributed by atoms with E-state index in [0.717, 1.165) is 53.0 Å². The molecular weight excluding hydrogens is 494 g/mol. The molecule has 204 valence electrons. The van der Waals surface area contributed by atoms with Crippen molar-refractivity contribution in [2.24, 2.45) is 0 Å². The lowest BCUT2D eigenvalue weighted by Crippen LogP contribution is -2.42. The molecule has 6 heteroatoms. The summed E-state index contributed by atoms with van der Waals surface area (Å²) in [4.78, 5) is 25.4. The molecule has 2 aliphatic heterocycles. The summed E-state index contributed by atoms with van der Waals surface area (Å²) in [5, 5.41) is -0.247. The van der Waals surface area contributed by atoms with E-state index in [1.165, 1.54) is 67.0 Å². The monoisotopic (exact) mass is 535 g/mol. The molecule has 0 radical (unpaired) electrons. The molecule has 2 amide bonds. The Morgan fingerprint density at radius 1 is 1.03 bits per heavy atom. The molecular formula is C32H41NO4S. The summed E-state index contributed by atoms with van der Waals surface area (Å²) < 4.78 is 12.9. The van der Waals surface area contributed by atoms with Gasteiger partial charge in [0.25, 0.3) is 11.1 Å². The standard InChI is InChI=1S/C32H41NO4S/c1-7-8-9-10-11-12-26-21(2)22(3)29-27(23(26)4)17-18-32(5,37-29)20-36-25-15-13-24(14-16-25)19-28-30(34)33(6)31(35)38-28/h13-16,19H,7-12,17-18,20H2,1-6H3. The van der Waals surface area contributed by atoms with Crippen molar-refractivity contribution in [3.05, 3.63) is 62.6 Å². The van der Waals surface area contributed by atoms with Crippen LogP contribution in [0.25, 0.3) is 6.08 Å². The maximum Gasteiger partial charge on any atom is 0.293 e. The third-order valence-electron chi connectivity index (χ3n) is 8.03. The molecule has 2 aromatic carbocycles. The van der Waals surface area contributed by atoms with Crippen LogP contribution in [0, 0.1) is 20.8 Å². The van der Waals surface area contributed by atoms with Gasteiger partial charge in [-0.1, -0.05) is 44.7 Å². The number of amides is 2. The molecule has 1 fully saturated rings. The zero-order valence-electron chi connectivity index (χ0n) is 23.7. The van der Waals surface area contributed by atoms with Crippen LogP contribution in [0.1, 0.15) is 85.8 Å². The van der Waals surface area contributed by atoms with E-state index >= 15 is 0 Å². The number of hydrogen-bond acceptors (Lipinski definition) is 5. The molecule has 5 nitrogen and oxygen atoms in total. The van der Waals surface area contributed by atoms with Crippen LogP contribution in [0.2, 0.25) is 0 Å². The van der Waals surface area contributed by atoms with Crippen LogP contribution in [0.3, 0.4) is 0 Å². The summed E-state index contributed by atoms with van der Waals surface area (Å²) in [6, 6.07) is 7.60. The molecule has 0 bridgehead atoms. The van der Waals surface area contributed by atoms with Crippen molar-refractivity contribution in [2.45, 2.75) is 91.6 Å². The van der Waals surface area contributed by atoms with E-state index in [4.69, 9.17) is 9.47 Å². The van der Waals surface area contributed by atoms with Crippen molar-refractivity contribution in [1.82, 2.24) is 4.90 Å². The molecule has 1 saturated heterocycles. The molecule has 0 spiro atoms. The molecule has 0 aliphatic carbocycles. The molecule has 2 aromatic rings. The normalized spacial score (nSPS) is 20.2. The number of unbranched alkanes of at least 4 members (excludes halogenated alkanes) is 4. The maximum absolute atomic E-state index is 12.1. The zero-order chi connectivity index (χ0) is 27.4. The third kappa shape index (κ3) is 6.12. The first-order valence-corrected chi connectivity index (χ1v) is 14.7. The lowest BCUT2D eigenvalue weighted by atomic mass is 9.84. The zero-order valence-corrected chi connectivity index (χ0v) is 24.6. The Hall–Kier alpha value is -2.73. The van der Waals surface area contributed by atoms with Crippen molar-refractivity contribution in [3.63, 3.8) is 0 Å². The number of rotatable bonds is 10. The highest BCUT2D eigenvalue weighted by molar-refractivity contribution is 8.18. The second-order valence-corrected chi connectivity index (χ2v) is 12.0. The molecule has 1 unspecified atom stereocenters. The molecule has 2 heterocycles. The predicted octanol–water partition coefficient (Wildman–Crippen LogP) is 7.95. The molecule has 0 aromatic heterocycles. The van der Waals surface area contributed by atoms with Crippen molar-refractivity contribution in [3.8, 4) is 11.5 Å². The SMILES string of the molecule is CCCCCCCc1c(C)c(C)c2c(c1C)CCC(C)(COc1ccc(C=C3SC(=O)N(C)C3=O)cc1)O2. The fourth-order valence-electron chi connectivity index (χ4n) is 5.36. The van der Waals surface area contributed by atoms with Crippen LogP contribution < -0.4 is 9.47 Å². The van der Waals surface area contributed by atoms with E-state index in [0.29, 0.717) is 11.5 Å². The van der Waals surface area contributed by atoms with Gasteiger partial charge in [0, 0.05) is 7.05 Å². The number of carbonyl (C=O) groups excluding carboxylic acids is 2. The van der Waals surface area contributed by atoms with Gasteiger partial charge >= 0.3 is 0 Å². The summed E-state index contributed by atoms with van der Waals surface area (Å²) in [7, 11) is 1.50. The second kappa shape index (κ2) is 12.0. The quantitative estimate of drug-likeness (QED) is 0.228. The molecule has 0 saturated carbocycles. The number of thioether (sulfide) groups is 1. The van der Waals surface area contributed by atoms with Gasteiger partial charge in [0.15, 0.2) is 0 Å². The average Bonchev–Trinajstić information content (AvgIpc) is 3.14. The fourth-order valence-corrected chi connectivity index (χ4v) is 6.19. The van der Waals surface area contributed by atoms with Crippen molar-refractivity contribution in [1.29, 1.82) is 0 Å². The van der Waals surface area contributed by atoms with Gasteiger partial charge < -0.3 is 9.47 Å². The van der Waals surface area contributed by atoms with Crippen LogP contribution in [-0.2, 0) is 17.6 Å². The first kappa shape index (κ1) is 28.3. The second-order valence-electron chi connectivity index (χ2n) is 11.0. The van der Waals surface area contributed by atoms with E-state index in [1.54, 1.807) is 6.08 Å². The Balaban J connectivity index is 1.40. The van der Waals surface area contributed by atoms with E-state index < -0.39 is 5.60 Å². The molecule has 2 aliphatic rings. The lowest BCUT2D eigenvalue weighted by molar-refractivity contribution is -0.121. The van der Waals surface area contributed by atoms with Gasteiger partial charge in [0.2, 0.25) is 0 Å². The minimum Gasteiger partial charge on any atom is -0.489 e. The van der Waals surface area contributed by atoms with Gasteiger partial charge in [-0.25, -0.2) is 0 Å². The van der Waals surface area contributed by atoms with Gasteiger partial charge in [0.1, 0.15) is 23.7 Å². The number of hydrogen-bond donors (Lipinski definition) is 0. The van der Waals surface area contributed by atoms with Crippen LogP contribution >= 0.6 is 11.8 Å². The van der Waals surface area contributed by atoms with Crippen molar-refractivity contribution < 1.29 is 19.1 Å². The topological polar surface area (TPSA) is 55.8 Å². The van der Waals surface area contributed by atoms with Crippen LogP contribution in [0.5, 0.6) is 11.5 Å². The molecule has 38 heavy (non-hydrogen) atoms. The smallest absolute Gasteiger partial charge is 0.293 e. The van der Waals surface area contributed by atoms with Gasteiger partial charge in [-0.3, -0.25) is 14.5 Å². The Morgan fingerprint density at radius 3 is 2.39 bits per heavy atom. The Morgan fingerprint density at radius 2 is 1.74 bits per heavy atom. The Labute approximate surface area is 232 Å². The number of ether oxygens (including phenoxy) is 2. The minimum atomic E-state index is -0.406. The lowest BCUT2D eigenvalue weighted by Gasteiger charge is -2.38. The van der Waals surface area contributed by atoms with Gasteiger partial charge in [-0.15, -0.1) is 0 Å². The highest BCUT2D eigenvalue weighted by Crippen LogP contribution is 2.41. The van der Waals surface area contributed by atoms with Crippen molar-refractivity contribution >= 4 is 29.0 Å². The van der Waals surface area contributed by atoms with E-state index in [1.807, 2.05) is 24.3 Å². The fraction of sp³-hybridized carbons (Fsp3) is 0.500. The van der Waals surface area contributed by atoms with Gasteiger partial charge in [0.05, 0.1) is 4.91 Å². The number of carbonyl (C=O) groups is 2. The van der Waals surface area contributed by atoms with Gasteiger partial charge in [-0.05, 0) is 117 Å². The Bertz CT molecular complexity index is 1230. The summed E-state index contributed by atoms with van der Waals surface area (Å²) in [5.74, 6) is 1.54. The van der Waals surface area contributed by atoms with E-state index in [-0.39, 0.29) is 11.1 Å². The maximum atomic E-state index is 12.1. The summed E-state index contributed by atoms with van der Waals surface area (Å²) >= 11 is 0.965. The largest absolute Gasteiger partial charge is 0.489 e. The predicted molar refractivity (Wildman–Crippen MR) is 156 cm³/mol. The number of benzene rings is 2. The van der Waals surface area contributed by atoms with Crippen molar-refractivity contribution in [2.75, 3.05) is 13.7 Å². The average molecular weight is 536 g/mol. The molecule has 0 N–H and O–H groups in total. The molecule has 1 atom stereocenters. The van der Waals surface area contributed by atoms with Crippen LogP contribution in [0.15, 0.2) is 29.2 Å². The first-order valence-electron chi connectivity index (χ1n) is 13.9. The third-order valence-corrected chi connectivity index (χ3v) is 8.99. The van der Waals surface area contributed by atoms with Crippen LogP contribution in [-0.4, -0.2) is 35.3 Å². The van der Waals surface area contributed by atoms with E-state index in [9.17, 15) is 9.59 Å². The highest BCUT2D eigenvalue weighted by Gasteiger charge is 2.35. The number of imide groups is 1. The summed E-state index contributed by atoms with van der Waals surface area (Å²) in [5.41, 5.74) is 7.39. The summed E-state index contributed by atoms with van der Waals surface area (Å²) in [6.07, 6.45) is 11.3. The highest BCUT2D eigenvalue weighted by atomic mass is 32.2.